The molecule has 1 saturated carbocycles. The average Bonchev–Trinajstić information content (AvgIpc) is 2.47. The molecule has 0 heterocycles. The summed E-state index contributed by atoms with van der Waals surface area (Å²) >= 11 is 0. The van der Waals surface area contributed by atoms with Crippen molar-refractivity contribution in [2.75, 3.05) is 12.4 Å². The molecule has 0 amide bonds. The molecule has 2 rings (SSSR count). The highest BCUT2D eigenvalue weighted by molar-refractivity contribution is 5.79. The Morgan fingerprint density at radius 1 is 1.20 bits per heavy atom. The number of methoxy groups -OCH3 is 1. The third-order valence-electron chi connectivity index (χ3n) is 4.36. The molecule has 1 aliphatic rings. The van der Waals surface area contributed by atoms with Crippen LogP contribution in [0.1, 0.15) is 38.2 Å². The summed E-state index contributed by atoms with van der Waals surface area (Å²) in [7, 11) is 1.47. The van der Waals surface area contributed by atoms with E-state index in [0.717, 1.165) is 24.4 Å². The van der Waals surface area contributed by atoms with E-state index >= 15 is 0 Å². The van der Waals surface area contributed by atoms with Crippen LogP contribution in [0.15, 0.2) is 24.3 Å². The molecule has 1 aromatic carbocycles. The number of nitrogens with one attached hydrogen (secondary N) is 1. The number of aryl methyl sites for hydroxylation is 1. The molecule has 3 heteroatoms. The second-order valence-corrected chi connectivity index (χ2v) is 6.03. The molecule has 1 aliphatic carbocycles. The summed E-state index contributed by atoms with van der Waals surface area (Å²) in [6.45, 7) is 4.35. The van der Waals surface area contributed by atoms with Crippen molar-refractivity contribution in [3.63, 3.8) is 0 Å². The maximum absolute atomic E-state index is 12.1. The number of carbonyl (C=O) groups excluding carboxylic acids is 1. The topological polar surface area (TPSA) is 38.3 Å². The van der Waals surface area contributed by atoms with Crippen molar-refractivity contribution in [2.24, 2.45) is 11.8 Å². The van der Waals surface area contributed by atoms with E-state index in [9.17, 15) is 4.79 Å². The normalized spacial score (nSPS) is 23.9. The van der Waals surface area contributed by atoms with Gasteiger partial charge in [0, 0.05) is 5.69 Å². The van der Waals surface area contributed by atoms with Crippen LogP contribution < -0.4 is 5.32 Å². The third kappa shape index (κ3) is 3.75. The van der Waals surface area contributed by atoms with E-state index < -0.39 is 0 Å². The van der Waals surface area contributed by atoms with Crippen LogP contribution in [0.3, 0.4) is 0 Å². The molecule has 0 saturated heterocycles. The zero-order valence-electron chi connectivity index (χ0n) is 12.7. The summed E-state index contributed by atoms with van der Waals surface area (Å²) in [5, 5.41) is 3.37. The Balaban J connectivity index is 2.07. The van der Waals surface area contributed by atoms with Gasteiger partial charge in [0.2, 0.25) is 0 Å². The van der Waals surface area contributed by atoms with Crippen LogP contribution in [0.2, 0.25) is 0 Å². The van der Waals surface area contributed by atoms with Crippen LogP contribution in [-0.2, 0) is 9.53 Å². The predicted octanol–water partition coefficient (Wildman–Crippen LogP) is 3.77. The van der Waals surface area contributed by atoms with Crippen molar-refractivity contribution in [3.8, 4) is 0 Å². The molecule has 110 valence electrons. The summed E-state index contributed by atoms with van der Waals surface area (Å²) in [5.74, 6) is 1.01. The van der Waals surface area contributed by atoms with Crippen molar-refractivity contribution in [3.05, 3.63) is 29.8 Å². The van der Waals surface area contributed by atoms with E-state index in [2.05, 4.69) is 31.3 Å². The summed E-state index contributed by atoms with van der Waals surface area (Å²) in [6.07, 6.45) is 4.60. The van der Waals surface area contributed by atoms with Gasteiger partial charge in [-0.25, -0.2) is 4.79 Å². The van der Waals surface area contributed by atoms with Gasteiger partial charge in [0.15, 0.2) is 0 Å². The molecule has 1 N–H and O–H groups in total. The van der Waals surface area contributed by atoms with Gasteiger partial charge in [0.25, 0.3) is 0 Å². The number of esters is 1. The minimum Gasteiger partial charge on any atom is -0.467 e. The second kappa shape index (κ2) is 6.78. The zero-order valence-corrected chi connectivity index (χ0v) is 12.7. The van der Waals surface area contributed by atoms with E-state index in [-0.39, 0.29) is 12.0 Å². The molecular formula is C17H25NO2. The molecule has 20 heavy (non-hydrogen) atoms. The van der Waals surface area contributed by atoms with Crippen LogP contribution in [0.25, 0.3) is 0 Å². The fourth-order valence-corrected chi connectivity index (χ4v) is 2.94. The van der Waals surface area contributed by atoms with Crippen LogP contribution in [0, 0.1) is 18.8 Å². The fraction of sp³-hybridized carbons (Fsp3) is 0.588. The minimum atomic E-state index is -0.227. The van der Waals surface area contributed by atoms with Gasteiger partial charge in [-0.15, -0.1) is 0 Å². The smallest absolute Gasteiger partial charge is 0.328 e. The Hall–Kier alpha value is -1.51. The standard InChI is InChI=1S/C17H25NO2/c1-12-4-8-14(9-5-12)16(17(19)20-3)18-15-10-6-13(2)7-11-15/h6-7,10-12,14,16,18H,4-5,8-9H2,1-3H3. The highest BCUT2D eigenvalue weighted by Gasteiger charge is 2.31. The number of hydrogen-bond acceptors (Lipinski definition) is 3. The Morgan fingerprint density at radius 3 is 2.35 bits per heavy atom. The first-order valence-electron chi connectivity index (χ1n) is 7.51. The Morgan fingerprint density at radius 2 is 1.80 bits per heavy atom. The second-order valence-electron chi connectivity index (χ2n) is 6.03. The van der Waals surface area contributed by atoms with Gasteiger partial charge in [0.1, 0.15) is 6.04 Å². The van der Waals surface area contributed by atoms with Crippen LogP contribution in [-0.4, -0.2) is 19.1 Å². The predicted molar refractivity (Wildman–Crippen MR) is 81.7 cm³/mol. The van der Waals surface area contributed by atoms with E-state index in [0.29, 0.717) is 5.92 Å². The van der Waals surface area contributed by atoms with Crippen molar-refractivity contribution in [1.29, 1.82) is 0 Å². The molecule has 0 bridgehead atoms. The first kappa shape index (κ1) is 14.9. The van der Waals surface area contributed by atoms with E-state index in [1.165, 1.54) is 25.5 Å². The number of carbonyl (C=O) groups is 1. The minimum absolute atomic E-state index is 0.148. The molecule has 1 aromatic rings. The van der Waals surface area contributed by atoms with Crippen molar-refractivity contribution >= 4 is 11.7 Å². The molecule has 1 atom stereocenters. The summed E-state index contributed by atoms with van der Waals surface area (Å²) < 4.78 is 4.99. The van der Waals surface area contributed by atoms with Gasteiger partial charge >= 0.3 is 5.97 Å². The van der Waals surface area contributed by atoms with Gasteiger partial charge in [-0.1, -0.05) is 37.5 Å². The number of anilines is 1. The van der Waals surface area contributed by atoms with Gasteiger partial charge in [-0.05, 0) is 43.7 Å². The highest BCUT2D eigenvalue weighted by atomic mass is 16.5. The molecule has 1 fully saturated rings. The van der Waals surface area contributed by atoms with Gasteiger partial charge in [0.05, 0.1) is 7.11 Å². The number of ether oxygens (including phenoxy) is 1. The SMILES string of the molecule is COC(=O)C(Nc1ccc(C)cc1)C1CCC(C)CC1. The van der Waals surface area contributed by atoms with Crippen LogP contribution in [0.5, 0.6) is 0 Å². The number of benzene rings is 1. The van der Waals surface area contributed by atoms with Crippen molar-refractivity contribution in [2.45, 2.75) is 45.6 Å². The summed E-state index contributed by atoms with van der Waals surface area (Å²) in [5.41, 5.74) is 2.21. The lowest BCUT2D eigenvalue weighted by atomic mass is 9.79. The number of rotatable bonds is 4. The van der Waals surface area contributed by atoms with Crippen molar-refractivity contribution in [1.82, 2.24) is 0 Å². The molecule has 0 aliphatic heterocycles. The van der Waals surface area contributed by atoms with Gasteiger partial charge in [-0.3, -0.25) is 0 Å². The molecule has 3 nitrogen and oxygen atoms in total. The molecule has 0 spiro atoms. The Bertz CT molecular complexity index is 433. The zero-order chi connectivity index (χ0) is 14.5. The molecule has 0 aromatic heterocycles. The van der Waals surface area contributed by atoms with Crippen LogP contribution >= 0.6 is 0 Å². The van der Waals surface area contributed by atoms with Crippen LogP contribution in [0.4, 0.5) is 5.69 Å². The van der Waals surface area contributed by atoms with E-state index in [1.54, 1.807) is 0 Å². The lowest BCUT2D eigenvalue weighted by molar-refractivity contribution is -0.143. The maximum Gasteiger partial charge on any atom is 0.328 e. The van der Waals surface area contributed by atoms with E-state index in [4.69, 9.17) is 4.74 Å². The lowest BCUT2D eigenvalue weighted by Crippen LogP contribution is -2.39. The monoisotopic (exact) mass is 275 g/mol. The maximum atomic E-state index is 12.1. The first-order chi connectivity index (χ1) is 9.60. The fourth-order valence-electron chi connectivity index (χ4n) is 2.94. The van der Waals surface area contributed by atoms with Crippen molar-refractivity contribution < 1.29 is 9.53 Å². The van der Waals surface area contributed by atoms with Gasteiger partial charge in [-0.2, -0.15) is 0 Å². The first-order valence-corrected chi connectivity index (χ1v) is 7.51. The Kier molecular flexibility index (Phi) is 5.05. The molecular weight excluding hydrogens is 250 g/mol. The quantitative estimate of drug-likeness (QED) is 0.850. The average molecular weight is 275 g/mol. The third-order valence-corrected chi connectivity index (χ3v) is 4.36. The molecule has 0 radical (unpaired) electrons. The number of hydrogen-bond donors (Lipinski definition) is 1. The van der Waals surface area contributed by atoms with Gasteiger partial charge < -0.3 is 10.1 Å². The highest BCUT2D eigenvalue weighted by Crippen LogP contribution is 2.32. The van der Waals surface area contributed by atoms with E-state index in [1.807, 2.05) is 12.1 Å². The summed E-state index contributed by atoms with van der Waals surface area (Å²) in [4.78, 5) is 12.1. The summed E-state index contributed by atoms with van der Waals surface area (Å²) in [6, 6.07) is 7.93. The molecule has 1 unspecified atom stereocenters. The lowest BCUT2D eigenvalue weighted by Gasteiger charge is -2.32. The largest absolute Gasteiger partial charge is 0.467 e. The Labute approximate surface area is 121 Å².